The van der Waals surface area contributed by atoms with Crippen molar-refractivity contribution in [3.8, 4) is 5.75 Å². The molecule has 0 unspecified atom stereocenters. The molecule has 0 spiro atoms. The normalized spacial score (nSPS) is 10.9. The Balaban J connectivity index is 1.39. The quantitative estimate of drug-likeness (QED) is 0.378. The van der Waals surface area contributed by atoms with E-state index >= 15 is 0 Å². The summed E-state index contributed by atoms with van der Waals surface area (Å²) in [5.41, 5.74) is 5.09. The fraction of sp³-hybridized carbons (Fsp3) is 0.259. The highest BCUT2D eigenvalue weighted by Crippen LogP contribution is 2.23. The van der Waals surface area contributed by atoms with Crippen molar-refractivity contribution in [1.29, 1.82) is 0 Å². The first-order valence-electron chi connectivity index (χ1n) is 11.1. The van der Waals surface area contributed by atoms with Gasteiger partial charge in [-0.05, 0) is 55.7 Å². The lowest BCUT2D eigenvalue weighted by molar-refractivity contribution is 0.0954. The number of rotatable bonds is 9. The molecule has 32 heavy (non-hydrogen) atoms. The second kappa shape index (κ2) is 10.1. The van der Waals surface area contributed by atoms with Gasteiger partial charge in [0.15, 0.2) is 0 Å². The average Bonchev–Trinajstić information content (AvgIpc) is 3.16. The molecule has 3 aromatic carbocycles. The molecule has 1 heterocycles. The number of carbonyl (C=O) groups excluding carboxylic acids is 1. The number of nitrogens with one attached hydrogen (secondary N) is 1. The van der Waals surface area contributed by atoms with Gasteiger partial charge in [-0.15, -0.1) is 0 Å². The molecule has 0 aliphatic rings. The van der Waals surface area contributed by atoms with Crippen molar-refractivity contribution in [2.75, 3.05) is 13.2 Å². The number of benzene rings is 3. The van der Waals surface area contributed by atoms with Gasteiger partial charge in [0, 0.05) is 25.1 Å². The van der Waals surface area contributed by atoms with Crippen molar-refractivity contribution in [2.45, 2.75) is 33.2 Å². The third-order valence-electron chi connectivity index (χ3n) is 5.58. The van der Waals surface area contributed by atoms with Crippen molar-refractivity contribution in [2.24, 2.45) is 0 Å². The van der Waals surface area contributed by atoms with E-state index in [0.29, 0.717) is 25.1 Å². The Morgan fingerprint density at radius 2 is 1.66 bits per heavy atom. The Morgan fingerprint density at radius 3 is 2.44 bits per heavy atom. The van der Waals surface area contributed by atoms with Gasteiger partial charge in [-0.3, -0.25) is 4.79 Å². The number of ether oxygens (including phenoxy) is 1. The Labute approximate surface area is 189 Å². The van der Waals surface area contributed by atoms with Crippen LogP contribution in [0.2, 0.25) is 0 Å². The molecule has 4 aromatic rings. The summed E-state index contributed by atoms with van der Waals surface area (Å²) in [6.45, 7) is 6.15. The summed E-state index contributed by atoms with van der Waals surface area (Å²) in [5, 5.41) is 3.00. The maximum absolute atomic E-state index is 12.3. The summed E-state index contributed by atoms with van der Waals surface area (Å²) >= 11 is 0. The summed E-state index contributed by atoms with van der Waals surface area (Å²) in [5.74, 6) is 1.90. The summed E-state index contributed by atoms with van der Waals surface area (Å²) in [6.07, 6.45) is 1.54. The van der Waals surface area contributed by atoms with E-state index < -0.39 is 0 Å². The van der Waals surface area contributed by atoms with Crippen molar-refractivity contribution in [3.05, 3.63) is 95.3 Å². The minimum atomic E-state index is -0.0599. The second-order valence-corrected chi connectivity index (χ2v) is 7.96. The monoisotopic (exact) mass is 427 g/mol. The molecule has 164 valence electrons. The largest absolute Gasteiger partial charge is 0.493 e. The van der Waals surface area contributed by atoms with Crippen LogP contribution in [0.5, 0.6) is 5.75 Å². The summed E-state index contributed by atoms with van der Waals surface area (Å²) < 4.78 is 8.34. The molecule has 0 bridgehead atoms. The summed E-state index contributed by atoms with van der Waals surface area (Å²) in [4.78, 5) is 17.2. The van der Waals surface area contributed by atoms with E-state index in [1.807, 2.05) is 48.5 Å². The fourth-order valence-electron chi connectivity index (χ4n) is 3.97. The summed E-state index contributed by atoms with van der Waals surface area (Å²) in [6, 6.07) is 23.7. The molecule has 1 amide bonds. The van der Waals surface area contributed by atoms with Crippen LogP contribution in [-0.4, -0.2) is 28.6 Å². The number of para-hydroxylation sites is 3. The van der Waals surface area contributed by atoms with Crippen molar-refractivity contribution < 1.29 is 9.53 Å². The van der Waals surface area contributed by atoms with Crippen LogP contribution in [0.3, 0.4) is 0 Å². The van der Waals surface area contributed by atoms with Crippen LogP contribution in [0.15, 0.2) is 72.8 Å². The van der Waals surface area contributed by atoms with Gasteiger partial charge in [0.1, 0.15) is 11.6 Å². The number of amides is 1. The highest BCUT2D eigenvalue weighted by atomic mass is 16.5. The fourth-order valence-corrected chi connectivity index (χ4v) is 3.97. The minimum Gasteiger partial charge on any atom is -0.493 e. The van der Waals surface area contributed by atoms with Crippen LogP contribution in [0.1, 0.15) is 33.7 Å². The van der Waals surface area contributed by atoms with E-state index in [1.54, 1.807) is 0 Å². The van der Waals surface area contributed by atoms with Gasteiger partial charge < -0.3 is 14.6 Å². The Hall–Kier alpha value is -3.60. The molecule has 0 saturated heterocycles. The first-order chi connectivity index (χ1) is 15.6. The number of imidazole rings is 1. The number of aromatic nitrogens is 2. The molecule has 0 fully saturated rings. The predicted octanol–water partition coefficient (Wildman–Crippen LogP) is 5.09. The van der Waals surface area contributed by atoms with E-state index in [1.165, 1.54) is 0 Å². The molecule has 0 aliphatic heterocycles. The smallest absolute Gasteiger partial charge is 0.251 e. The third-order valence-corrected chi connectivity index (χ3v) is 5.58. The topological polar surface area (TPSA) is 56.1 Å². The van der Waals surface area contributed by atoms with E-state index in [9.17, 15) is 4.79 Å². The Kier molecular flexibility index (Phi) is 6.85. The number of hydrogen-bond donors (Lipinski definition) is 1. The SMILES string of the molecule is Cc1cccc(C)c1OCCCn1c(CCNC(=O)c2ccccc2)nc2ccccc21. The van der Waals surface area contributed by atoms with Gasteiger partial charge in [0.25, 0.3) is 5.91 Å². The standard InChI is InChI=1S/C27H29N3O2/c1-20-10-8-11-21(2)26(20)32-19-9-18-30-24-15-7-6-14-23(24)29-25(30)16-17-28-27(31)22-12-4-3-5-13-22/h3-8,10-15H,9,16-19H2,1-2H3,(H,28,31). The lowest BCUT2D eigenvalue weighted by Gasteiger charge is -2.13. The zero-order chi connectivity index (χ0) is 22.3. The molecule has 4 rings (SSSR count). The molecule has 0 radical (unpaired) electrons. The maximum atomic E-state index is 12.3. The van der Waals surface area contributed by atoms with E-state index in [-0.39, 0.29) is 5.91 Å². The highest BCUT2D eigenvalue weighted by Gasteiger charge is 2.12. The number of aryl methyl sites for hydroxylation is 3. The van der Waals surface area contributed by atoms with E-state index in [0.717, 1.165) is 46.7 Å². The van der Waals surface area contributed by atoms with Crippen LogP contribution in [0, 0.1) is 13.8 Å². The van der Waals surface area contributed by atoms with Gasteiger partial charge in [-0.25, -0.2) is 4.98 Å². The second-order valence-electron chi connectivity index (χ2n) is 7.96. The van der Waals surface area contributed by atoms with Gasteiger partial charge in [0.2, 0.25) is 0 Å². The van der Waals surface area contributed by atoms with Crippen LogP contribution < -0.4 is 10.1 Å². The van der Waals surface area contributed by atoms with Gasteiger partial charge in [-0.1, -0.05) is 48.5 Å². The maximum Gasteiger partial charge on any atom is 0.251 e. The van der Waals surface area contributed by atoms with Crippen molar-refractivity contribution >= 4 is 16.9 Å². The van der Waals surface area contributed by atoms with Crippen LogP contribution in [0.25, 0.3) is 11.0 Å². The minimum absolute atomic E-state index is 0.0599. The van der Waals surface area contributed by atoms with E-state index in [4.69, 9.17) is 9.72 Å². The first kappa shape index (κ1) is 21.6. The van der Waals surface area contributed by atoms with Crippen LogP contribution >= 0.6 is 0 Å². The van der Waals surface area contributed by atoms with Gasteiger partial charge in [-0.2, -0.15) is 0 Å². The Bertz CT molecular complexity index is 1180. The molecule has 5 nitrogen and oxygen atoms in total. The van der Waals surface area contributed by atoms with E-state index in [2.05, 4.69) is 48.0 Å². The van der Waals surface area contributed by atoms with Crippen LogP contribution in [0.4, 0.5) is 0 Å². The van der Waals surface area contributed by atoms with Crippen molar-refractivity contribution in [1.82, 2.24) is 14.9 Å². The first-order valence-corrected chi connectivity index (χ1v) is 11.1. The van der Waals surface area contributed by atoms with Gasteiger partial charge in [0.05, 0.1) is 17.6 Å². The lowest BCUT2D eigenvalue weighted by atomic mass is 10.1. The molecular formula is C27H29N3O2. The zero-order valence-electron chi connectivity index (χ0n) is 18.7. The van der Waals surface area contributed by atoms with Crippen LogP contribution in [-0.2, 0) is 13.0 Å². The number of carbonyl (C=O) groups is 1. The molecule has 0 aliphatic carbocycles. The Morgan fingerprint density at radius 1 is 0.938 bits per heavy atom. The molecule has 0 saturated carbocycles. The number of fused-ring (bicyclic) bond motifs is 1. The molecule has 1 N–H and O–H groups in total. The number of nitrogens with zero attached hydrogens (tertiary/aromatic N) is 2. The molecular weight excluding hydrogens is 398 g/mol. The average molecular weight is 428 g/mol. The molecule has 0 atom stereocenters. The predicted molar refractivity (Wildman–Crippen MR) is 128 cm³/mol. The highest BCUT2D eigenvalue weighted by molar-refractivity contribution is 5.94. The number of hydrogen-bond acceptors (Lipinski definition) is 3. The summed E-state index contributed by atoms with van der Waals surface area (Å²) in [7, 11) is 0. The van der Waals surface area contributed by atoms with Gasteiger partial charge >= 0.3 is 0 Å². The van der Waals surface area contributed by atoms with Crippen molar-refractivity contribution in [3.63, 3.8) is 0 Å². The zero-order valence-corrected chi connectivity index (χ0v) is 18.7. The third kappa shape index (κ3) is 4.99. The molecule has 5 heteroatoms. The molecule has 1 aromatic heterocycles. The lowest BCUT2D eigenvalue weighted by Crippen LogP contribution is -2.26.